The Balaban J connectivity index is 2.21. The van der Waals surface area contributed by atoms with E-state index in [4.69, 9.17) is 4.74 Å². The van der Waals surface area contributed by atoms with Crippen LogP contribution in [0.15, 0.2) is 54.6 Å². The predicted molar refractivity (Wildman–Crippen MR) is 94.1 cm³/mol. The molecule has 0 fully saturated rings. The fraction of sp³-hybridized carbons (Fsp3) is 0.100. The number of esters is 1. The minimum atomic E-state index is -0.952. The molecule has 0 radical (unpaired) electrons. The molecule has 0 atom stereocenters. The fourth-order valence-corrected chi connectivity index (χ4v) is 2.75. The van der Waals surface area contributed by atoms with Gasteiger partial charge in [0.2, 0.25) is 0 Å². The number of carboxylic acids is 1. The van der Waals surface area contributed by atoms with Crippen molar-refractivity contribution in [3.05, 3.63) is 65.7 Å². The van der Waals surface area contributed by atoms with Crippen molar-refractivity contribution >= 4 is 39.6 Å². The maximum atomic E-state index is 11.6. The van der Waals surface area contributed by atoms with E-state index in [1.807, 2.05) is 30.3 Å². The Morgan fingerprint density at radius 1 is 1.04 bits per heavy atom. The van der Waals surface area contributed by atoms with E-state index in [-0.39, 0.29) is 11.5 Å². The van der Waals surface area contributed by atoms with E-state index < -0.39 is 5.97 Å². The number of carbonyl (C=O) groups excluding carboxylic acids is 1. The zero-order chi connectivity index (χ0) is 17.1. The van der Waals surface area contributed by atoms with Gasteiger partial charge < -0.3 is 9.84 Å². The van der Waals surface area contributed by atoms with Crippen LogP contribution in [0.25, 0.3) is 27.6 Å². The third kappa shape index (κ3) is 2.99. The molecule has 0 aliphatic carbocycles. The van der Waals surface area contributed by atoms with Gasteiger partial charge in [0, 0.05) is 6.08 Å². The molecule has 4 heteroatoms. The second-order valence-electron chi connectivity index (χ2n) is 5.34. The Labute approximate surface area is 139 Å². The first-order valence-corrected chi connectivity index (χ1v) is 7.64. The molecule has 0 bridgehead atoms. The molecule has 120 valence electrons. The van der Waals surface area contributed by atoms with Gasteiger partial charge in [-0.05, 0) is 58.3 Å². The summed E-state index contributed by atoms with van der Waals surface area (Å²) in [5.74, 6) is -1.34. The van der Waals surface area contributed by atoms with Gasteiger partial charge >= 0.3 is 11.9 Å². The van der Waals surface area contributed by atoms with E-state index >= 15 is 0 Å². The van der Waals surface area contributed by atoms with Gasteiger partial charge in [-0.25, -0.2) is 9.59 Å². The topological polar surface area (TPSA) is 63.6 Å². The number of benzene rings is 3. The monoisotopic (exact) mass is 320 g/mol. The minimum absolute atomic E-state index is 0.252. The van der Waals surface area contributed by atoms with Gasteiger partial charge in [0.15, 0.2) is 0 Å². The average molecular weight is 320 g/mol. The Bertz CT molecular complexity index is 970. The Morgan fingerprint density at radius 3 is 2.50 bits per heavy atom. The third-order valence-electron chi connectivity index (χ3n) is 3.83. The summed E-state index contributed by atoms with van der Waals surface area (Å²) in [7, 11) is 0. The van der Waals surface area contributed by atoms with E-state index in [9.17, 15) is 14.7 Å². The van der Waals surface area contributed by atoms with Crippen LogP contribution in [0.4, 0.5) is 0 Å². The summed E-state index contributed by atoms with van der Waals surface area (Å²) in [6.45, 7) is 2.09. The van der Waals surface area contributed by atoms with Gasteiger partial charge in [0.25, 0.3) is 0 Å². The van der Waals surface area contributed by atoms with Crippen molar-refractivity contribution in [1.29, 1.82) is 0 Å². The van der Waals surface area contributed by atoms with Crippen molar-refractivity contribution in [1.82, 2.24) is 0 Å². The number of hydrogen-bond acceptors (Lipinski definition) is 3. The van der Waals surface area contributed by atoms with Crippen molar-refractivity contribution in [3.63, 3.8) is 0 Å². The first-order chi connectivity index (χ1) is 11.6. The molecule has 0 saturated carbocycles. The highest BCUT2D eigenvalue weighted by atomic mass is 16.5. The van der Waals surface area contributed by atoms with Crippen LogP contribution in [0.1, 0.15) is 22.8 Å². The molecule has 3 aromatic rings. The largest absolute Gasteiger partial charge is 0.478 e. The summed E-state index contributed by atoms with van der Waals surface area (Å²) in [6.07, 6.45) is 3.13. The summed E-state index contributed by atoms with van der Waals surface area (Å²) >= 11 is 0. The van der Waals surface area contributed by atoms with Gasteiger partial charge in [-0.2, -0.15) is 0 Å². The summed E-state index contributed by atoms with van der Waals surface area (Å²) in [5.41, 5.74) is 1.14. The van der Waals surface area contributed by atoms with Crippen molar-refractivity contribution in [3.8, 4) is 0 Å². The Hall–Kier alpha value is -3.14. The van der Waals surface area contributed by atoms with E-state index in [1.165, 1.54) is 6.08 Å². The molecule has 0 saturated heterocycles. The molecular formula is C20H16O4. The number of aromatic carboxylic acids is 1. The van der Waals surface area contributed by atoms with E-state index in [1.54, 1.807) is 31.2 Å². The van der Waals surface area contributed by atoms with Gasteiger partial charge in [-0.15, -0.1) is 0 Å². The molecule has 24 heavy (non-hydrogen) atoms. The molecule has 4 nitrogen and oxygen atoms in total. The highest BCUT2D eigenvalue weighted by molar-refractivity contribution is 6.12. The maximum Gasteiger partial charge on any atom is 0.335 e. The van der Waals surface area contributed by atoms with Crippen LogP contribution in [0.2, 0.25) is 0 Å². The number of rotatable bonds is 4. The van der Waals surface area contributed by atoms with Crippen molar-refractivity contribution < 1.29 is 19.4 Å². The maximum absolute atomic E-state index is 11.6. The van der Waals surface area contributed by atoms with Crippen molar-refractivity contribution in [2.24, 2.45) is 0 Å². The summed E-state index contributed by atoms with van der Waals surface area (Å²) in [5, 5.41) is 12.9. The smallest absolute Gasteiger partial charge is 0.335 e. The van der Waals surface area contributed by atoms with Crippen LogP contribution >= 0.6 is 0 Å². The molecule has 1 N–H and O–H groups in total. The lowest BCUT2D eigenvalue weighted by Gasteiger charge is -2.09. The number of ether oxygens (including phenoxy) is 1. The van der Waals surface area contributed by atoms with Crippen LogP contribution in [0.3, 0.4) is 0 Å². The number of carbonyl (C=O) groups is 2. The lowest BCUT2D eigenvalue weighted by molar-refractivity contribution is -0.137. The highest BCUT2D eigenvalue weighted by Gasteiger charge is 2.09. The van der Waals surface area contributed by atoms with Crippen LogP contribution in [0.5, 0.6) is 0 Å². The molecular weight excluding hydrogens is 304 g/mol. The quantitative estimate of drug-likeness (QED) is 0.443. The second-order valence-corrected chi connectivity index (χ2v) is 5.34. The first-order valence-electron chi connectivity index (χ1n) is 7.64. The molecule has 0 amide bonds. The summed E-state index contributed by atoms with van der Waals surface area (Å²) in [4.78, 5) is 22.8. The van der Waals surface area contributed by atoms with Crippen LogP contribution < -0.4 is 0 Å². The van der Waals surface area contributed by atoms with Crippen molar-refractivity contribution in [2.45, 2.75) is 6.92 Å². The van der Waals surface area contributed by atoms with Crippen LogP contribution in [0, 0.1) is 0 Å². The summed E-state index contributed by atoms with van der Waals surface area (Å²) in [6, 6.07) is 14.7. The number of hydrogen-bond donors (Lipinski definition) is 1. The normalized spacial score (nSPS) is 11.2. The predicted octanol–water partition coefficient (Wildman–Crippen LogP) is 4.27. The minimum Gasteiger partial charge on any atom is -0.478 e. The molecule has 0 aromatic heterocycles. The molecule has 0 aliphatic heterocycles. The van der Waals surface area contributed by atoms with Gasteiger partial charge in [0.1, 0.15) is 0 Å². The first kappa shape index (κ1) is 15.7. The summed E-state index contributed by atoms with van der Waals surface area (Å²) < 4.78 is 4.91. The molecule has 0 spiro atoms. The van der Waals surface area contributed by atoms with E-state index in [0.29, 0.717) is 6.61 Å². The van der Waals surface area contributed by atoms with E-state index in [0.717, 1.165) is 27.1 Å². The molecule has 3 aromatic carbocycles. The van der Waals surface area contributed by atoms with Crippen molar-refractivity contribution in [2.75, 3.05) is 6.61 Å². The SMILES string of the molecule is CCOC(=O)/C=C/c1cc2ccc(C(=O)O)cc2c2ccccc12. The number of fused-ring (bicyclic) bond motifs is 3. The highest BCUT2D eigenvalue weighted by Crippen LogP contribution is 2.30. The lowest BCUT2D eigenvalue weighted by atomic mass is 9.95. The standard InChI is InChI=1S/C20H16O4/c1-2-24-19(21)10-9-13-11-14-7-8-15(20(22)23)12-18(14)17-6-4-3-5-16(13)17/h3-12H,2H2,1H3,(H,22,23)/b10-9+. The molecule has 0 unspecified atom stereocenters. The Kier molecular flexibility index (Phi) is 4.29. The van der Waals surface area contributed by atoms with Gasteiger partial charge in [-0.1, -0.05) is 30.3 Å². The van der Waals surface area contributed by atoms with Crippen LogP contribution in [-0.4, -0.2) is 23.7 Å². The number of carboxylic acid groups (broad SMARTS) is 1. The molecule has 0 heterocycles. The zero-order valence-corrected chi connectivity index (χ0v) is 13.2. The van der Waals surface area contributed by atoms with Gasteiger partial charge in [-0.3, -0.25) is 0 Å². The van der Waals surface area contributed by atoms with Crippen LogP contribution in [-0.2, 0) is 9.53 Å². The third-order valence-corrected chi connectivity index (χ3v) is 3.83. The average Bonchev–Trinajstić information content (AvgIpc) is 2.59. The van der Waals surface area contributed by atoms with Gasteiger partial charge in [0.05, 0.1) is 12.2 Å². The van der Waals surface area contributed by atoms with E-state index in [2.05, 4.69) is 0 Å². The fourth-order valence-electron chi connectivity index (χ4n) is 2.75. The zero-order valence-electron chi connectivity index (χ0n) is 13.2. The lowest BCUT2D eigenvalue weighted by Crippen LogP contribution is -1.98. The molecule has 0 aliphatic rings. The Morgan fingerprint density at radius 2 is 1.79 bits per heavy atom. The molecule has 3 rings (SSSR count). The second kappa shape index (κ2) is 6.54.